The van der Waals surface area contributed by atoms with Gasteiger partial charge in [-0.25, -0.2) is 13.2 Å². The first kappa shape index (κ1) is 15.5. The number of rotatable bonds is 6. The number of halogens is 3. The second-order valence-corrected chi connectivity index (χ2v) is 4.40. The maximum Gasteiger partial charge on any atom is 0.307 e. The smallest absolute Gasteiger partial charge is 0.307 e. The summed E-state index contributed by atoms with van der Waals surface area (Å²) in [6, 6.07) is 1.37. The molecule has 2 atom stereocenters. The zero-order valence-electron chi connectivity index (χ0n) is 10.5. The number of hydrogen-bond acceptors (Lipinski definition) is 2. The molecular formula is C13H16F3NO2. The summed E-state index contributed by atoms with van der Waals surface area (Å²) < 4.78 is 39.9. The van der Waals surface area contributed by atoms with E-state index in [4.69, 9.17) is 10.8 Å². The molecule has 2 unspecified atom stereocenters. The number of hydrogen-bond donors (Lipinski definition) is 2. The molecule has 0 radical (unpaired) electrons. The topological polar surface area (TPSA) is 63.3 Å². The molecule has 0 aliphatic carbocycles. The zero-order chi connectivity index (χ0) is 14.6. The molecule has 1 rings (SSSR count). The summed E-state index contributed by atoms with van der Waals surface area (Å²) >= 11 is 0. The van der Waals surface area contributed by atoms with Crippen LogP contribution < -0.4 is 5.73 Å². The Balaban J connectivity index is 3.06. The fourth-order valence-corrected chi connectivity index (χ4v) is 2.03. The first-order valence-electron chi connectivity index (χ1n) is 5.98. The van der Waals surface area contributed by atoms with E-state index < -0.39 is 35.3 Å². The van der Waals surface area contributed by atoms with Crippen LogP contribution >= 0.6 is 0 Å². The van der Waals surface area contributed by atoms with Crippen LogP contribution in [0, 0.1) is 23.4 Å². The molecule has 0 saturated carbocycles. The Bertz CT molecular complexity index is 465. The summed E-state index contributed by atoms with van der Waals surface area (Å²) in [7, 11) is 0. The van der Waals surface area contributed by atoms with E-state index in [1.54, 1.807) is 6.92 Å². The highest BCUT2D eigenvalue weighted by Gasteiger charge is 2.25. The lowest BCUT2D eigenvalue weighted by Crippen LogP contribution is -2.25. The van der Waals surface area contributed by atoms with Crippen LogP contribution in [0.2, 0.25) is 0 Å². The van der Waals surface area contributed by atoms with Crippen molar-refractivity contribution in [2.75, 3.05) is 6.54 Å². The van der Waals surface area contributed by atoms with Crippen LogP contribution in [0.1, 0.15) is 31.2 Å². The minimum Gasteiger partial charge on any atom is -0.481 e. The van der Waals surface area contributed by atoms with Crippen molar-refractivity contribution in [3.63, 3.8) is 0 Å². The molecule has 0 saturated heterocycles. The van der Waals surface area contributed by atoms with Gasteiger partial charge in [-0.05, 0) is 30.4 Å². The van der Waals surface area contributed by atoms with Crippen LogP contribution in [-0.4, -0.2) is 17.6 Å². The zero-order valence-corrected chi connectivity index (χ0v) is 10.5. The molecule has 0 heterocycles. The normalized spacial score (nSPS) is 14.2. The summed E-state index contributed by atoms with van der Waals surface area (Å²) in [5.74, 6) is -5.83. The van der Waals surface area contributed by atoms with Crippen LogP contribution in [0.5, 0.6) is 0 Å². The largest absolute Gasteiger partial charge is 0.481 e. The first-order chi connectivity index (χ1) is 8.90. The number of nitrogens with two attached hydrogens (primary N) is 1. The van der Waals surface area contributed by atoms with Gasteiger partial charge < -0.3 is 10.8 Å². The maximum absolute atomic E-state index is 13.7. The molecule has 0 aromatic heterocycles. The predicted molar refractivity (Wildman–Crippen MR) is 64.1 cm³/mol. The van der Waals surface area contributed by atoms with Gasteiger partial charge in [0, 0.05) is 12.6 Å². The van der Waals surface area contributed by atoms with E-state index in [1.165, 1.54) is 0 Å². The van der Waals surface area contributed by atoms with Crippen LogP contribution in [0.4, 0.5) is 13.2 Å². The van der Waals surface area contributed by atoms with Crippen molar-refractivity contribution < 1.29 is 23.1 Å². The van der Waals surface area contributed by atoms with Gasteiger partial charge in [0.05, 0.1) is 5.92 Å². The van der Waals surface area contributed by atoms with E-state index in [0.717, 1.165) is 6.07 Å². The van der Waals surface area contributed by atoms with Crippen molar-refractivity contribution >= 4 is 5.97 Å². The monoisotopic (exact) mass is 275 g/mol. The summed E-state index contributed by atoms with van der Waals surface area (Å²) in [4.78, 5) is 10.9. The van der Waals surface area contributed by atoms with E-state index in [0.29, 0.717) is 12.5 Å². The lowest BCUT2D eigenvalue weighted by molar-refractivity contribution is -0.141. The third kappa shape index (κ3) is 3.70. The number of aliphatic carboxylic acids is 1. The average Bonchev–Trinajstić information content (AvgIpc) is 2.35. The lowest BCUT2D eigenvalue weighted by atomic mass is 9.86. The van der Waals surface area contributed by atoms with Crippen molar-refractivity contribution in [2.45, 2.75) is 25.7 Å². The van der Waals surface area contributed by atoms with Gasteiger partial charge in [0.2, 0.25) is 0 Å². The van der Waals surface area contributed by atoms with Gasteiger partial charge in [-0.2, -0.15) is 0 Å². The van der Waals surface area contributed by atoms with Crippen molar-refractivity contribution in [3.8, 4) is 0 Å². The Morgan fingerprint density at radius 1 is 1.37 bits per heavy atom. The molecule has 3 N–H and O–H groups in total. The Morgan fingerprint density at radius 3 is 2.47 bits per heavy atom. The molecule has 0 fully saturated rings. The van der Waals surface area contributed by atoms with Crippen LogP contribution in [0.25, 0.3) is 0 Å². The van der Waals surface area contributed by atoms with E-state index in [9.17, 15) is 18.0 Å². The molecule has 3 nitrogen and oxygen atoms in total. The minimum absolute atomic E-state index is 0.0438. The highest BCUT2D eigenvalue weighted by atomic mass is 19.2. The lowest BCUT2D eigenvalue weighted by Gasteiger charge is -2.20. The highest BCUT2D eigenvalue weighted by Crippen LogP contribution is 2.30. The van der Waals surface area contributed by atoms with Gasteiger partial charge in [0.1, 0.15) is 5.82 Å². The van der Waals surface area contributed by atoms with Crippen molar-refractivity contribution in [1.29, 1.82) is 0 Å². The van der Waals surface area contributed by atoms with Gasteiger partial charge in [0.25, 0.3) is 0 Å². The van der Waals surface area contributed by atoms with Crippen molar-refractivity contribution in [1.82, 2.24) is 0 Å². The Morgan fingerprint density at radius 2 is 2.00 bits per heavy atom. The van der Waals surface area contributed by atoms with E-state index >= 15 is 0 Å². The van der Waals surface area contributed by atoms with Crippen molar-refractivity contribution in [2.24, 2.45) is 11.7 Å². The molecule has 0 amide bonds. The number of benzene rings is 1. The molecule has 0 aliphatic rings. The molecule has 0 spiro atoms. The summed E-state index contributed by atoms with van der Waals surface area (Å²) in [5.41, 5.74) is 5.19. The molecular weight excluding hydrogens is 259 g/mol. The minimum atomic E-state index is -1.27. The molecule has 6 heteroatoms. The van der Waals surface area contributed by atoms with Crippen LogP contribution in [0.15, 0.2) is 12.1 Å². The van der Waals surface area contributed by atoms with Crippen LogP contribution in [-0.2, 0) is 4.79 Å². The van der Waals surface area contributed by atoms with Gasteiger partial charge in [-0.15, -0.1) is 0 Å². The van der Waals surface area contributed by atoms with E-state index in [-0.39, 0.29) is 18.5 Å². The Labute approximate surface area is 109 Å². The number of carbonyl (C=O) groups is 1. The number of carboxylic acids is 1. The molecule has 19 heavy (non-hydrogen) atoms. The molecule has 106 valence electrons. The second-order valence-electron chi connectivity index (χ2n) is 4.40. The number of carboxylic acid groups (broad SMARTS) is 1. The van der Waals surface area contributed by atoms with Gasteiger partial charge in [0.15, 0.2) is 11.6 Å². The maximum atomic E-state index is 13.7. The standard InChI is InChI=1S/C13H16F3NO2/c1-2-7(3-8(6-17)13(18)19)10-4-9(14)5-11(15)12(10)16/h4-5,7-8H,2-3,6,17H2,1H3,(H,18,19). The van der Waals surface area contributed by atoms with E-state index in [1.807, 2.05) is 0 Å². The van der Waals surface area contributed by atoms with Gasteiger partial charge in [-0.3, -0.25) is 4.79 Å². The van der Waals surface area contributed by atoms with Crippen LogP contribution in [0.3, 0.4) is 0 Å². The summed E-state index contributed by atoms with van der Waals surface area (Å²) in [5, 5.41) is 8.92. The first-order valence-corrected chi connectivity index (χ1v) is 5.98. The van der Waals surface area contributed by atoms with Crippen molar-refractivity contribution in [3.05, 3.63) is 35.1 Å². The SMILES string of the molecule is CCC(CC(CN)C(=O)O)c1cc(F)cc(F)c1F. The fraction of sp³-hybridized carbons (Fsp3) is 0.462. The highest BCUT2D eigenvalue weighted by molar-refractivity contribution is 5.70. The Hall–Kier alpha value is -1.56. The summed E-state index contributed by atoms with van der Waals surface area (Å²) in [6.07, 6.45) is 0.408. The third-order valence-electron chi connectivity index (χ3n) is 3.16. The third-order valence-corrected chi connectivity index (χ3v) is 3.16. The Kier molecular flexibility index (Phi) is 5.35. The molecule has 1 aromatic rings. The predicted octanol–water partition coefficient (Wildman–Crippen LogP) is 2.65. The van der Waals surface area contributed by atoms with Gasteiger partial charge >= 0.3 is 5.97 Å². The second kappa shape index (κ2) is 6.56. The van der Waals surface area contributed by atoms with Gasteiger partial charge in [-0.1, -0.05) is 6.92 Å². The average molecular weight is 275 g/mol. The summed E-state index contributed by atoms with van der Waals surface area (Å²) in [6.45, 7) is 1.59. The molecule has 1 aromatic carbocycles. The van der Waals surface area contributed by atoms with E-state index in [2.05, 4.69) is 0 Å². The quantitative estimate of drug-likeness (QED) is 0.784. The fourth-order valence-electron chi connectivity index (χ4n) is 2.03. The molecule has 0 aliphatic heterocycles. The molecule has 0 bridgehead atoms.